The molecule has 5 nitrogen and oxygen atoms in total. The van der Waals surface area contributed by atoms with E-state index in [0.29, 0.717) is 37.9 Å². The second kappa shape index (κ2) is 43.0. The van der Waals surface area contributed by atoms with Crippen LogP contribution in [0.15, 0.2) is 24.3 Å². The average molecular weight is 788 g/mol. The van der Waals surface area contributed by atoms with Gasteiger partial charge in [0.1, 0.15) is 13.2 Å². The van der Waals surface area contributed by atoms with E-state index in [0.717, 1.165) is 31.6 Å². The van der Waals surface area contributed by atoms with E-state index in [1.54, 1.807) is 0 Å². The molecule has 0 saturated heterocycles. The normalized spacial score (nSPS) is 12.1. The Balaban J connectivity index is 4.05. The van der Waals surface area contributed by atoms with Crippen LogP contribution in [0.5, 0.6) is 0 Å². The zero-order chi connectivity index (χ0) is 41.2. The van der Waals surface area contributed by atoms with Gasteiger partial charge in [0.25, 0.3) is 0 Å². The van der Waals surface area contributed by atoms with Crippen LogP contribution in [-0.2, 0) is 19.1 Å². The monoisotopic (exact) mass is 788 g/mol. The SMILES string of the molecule is CCCCC(/C=C\COC(=O)CCCCCCCCCC(CCCCCCCCCC(=O)OC/C=C\C(CCCC)CCCC)CCCCN(C)C)CCCC. The maximum absolute atomic E-state index is 12.2. The molecule has 0 saturated carbocycles. The predicted molar refractivity (Wildman–Crippen MR) is 244 cm³/mol. The highest BCUT2D eigenvalue weighted by molar-refractivity contribution is 5.69. The number of nitrogens with zero attached hydrogens (tertiary/aromatic N) is 1. The molecule has 0 aromatic carbocycles. The van der Waals surface area contributed by atoms with Crippen LogP contribution in [0.1, 0.15) is 240 Å². The molecule has 0 aliphatic heterocycles. The summed E-state index contributed by atoms with van der Waals surface area (Å²) in [6, 6.07) is 0. The molecule has 0 aromatic rings. The maximum Gasteiger partial charge on any atom is 0.306 e. The lowest BCUT2D eigenvalue weighted by Crippen LogP contribution is -2.13. The molecule has 0 aliphatic carbocycles. The van der Waals surface area contributed by atoms with Gasteiger partial charge in [-0.1, -0.05) is 206 Å². The van der Waals surface area contributed by atoms with Gasteiger partial charge in [0.2, 0.25) is 0 Å². The van der Waals surface area contributed by atoms with E-state index in [9.17, 15) is 9.59 Å². The summed E-state index contributed by atoms with van der Waals surface area (Å²) in [6.45, 7) is 11.1. The van der Waals surface area contributed by atoms with Crippen molar-refractivity contribution in [2.45, 2.75) is 240 Å². The van der Waals surface area contributed by atoms with E-state index in [-0.39, 0.29) is 11.9 Å². The van der Waals surface area contributed by atoms with Crippen molar-refractivity contribution in [2.24, 2.45) is 17.8 Å². The molecule has 0 aromatic heterocycles. The Bertz CT molecular complexity index is 818. The van der Waals surface area contributed by atoms with Gasteiger partial charge >= 0.3 is 11.9 Å². The number of unbranched alkanes of at least 4 members (excludes halogenated alkanes) is 17. The summed E-state index contributed by atoms with van der Waals surface area (Å²) in [5.74, 6) is 2.09. The third-order valence-corrected chi connectivity index (χ3v) is 11.7. The summed E-state index contributed by atoms with van der Waals surface area (Å²) >= 11 is 0. The predicted octanol–water partition coefficient (Wildman–Crippen LogP) is 15.5. The molecule has 0 atom stereocenters. The number of carbonyl (C=O) groups is 2. The van der Waals surface area contributed by atoms with Crippen molar-refractivity contribution < 1.29 is 19.1 Å². The van der Waals surface area contributed by atoms with Crippen LogP contribution < -0.4 is 0 Å². The molecule has 0 heterocycles. The molecule has 0 unspecified atom stereocenters. The Morgan fingerprint density at radius 1 is 0.429 bits per heavy atom. The maximum atomic E-state index is 12.2. The number of hydrogen-bond donors (Lipinski definition) is 0. The molecule has 0 amide bonds. The van der Waals surface area contributed by atoms with E-state index in [1.807, 2.05) is 0 Å². The lowest BCUT2D eigenvalue weighted by Gasteiger charge is -2.18. The fourth-order valence-electron chi connectivity index (χ4n) is 7.93. The lowest BCUT2D eigenvalue weighted by molar-refractivity contribution is -0.143. The summed E-state index contributed by atoms with van der Waals surface area (Å²) in [5, 5.41) is 0. The zero-order valence-corrected chi connectivity index (χ0v) is 38.6. The summed E-state index contributed by atoms with van der Waals surface area (Å²) in [7, 11) is 4.37. The Morgan fingerprint density at radius 2 is 0.750 bits per heavy atom. The van der Waals surface area contributed by atoms with Gasteiger partial charge in [-0.25, -0.2) is 0 Å². The number of allylic oxidation sites excluding steroid dienone is 2. The van der Waals surface area contributed by atoms with Crippen LogP contribution in [0.3, 0.4) is 0 Å². The fourth-order valence-corrected chi connectivity index (χ4v) is 7.93. The van der Waals surface area contributed by atoms with Crippen molar-refractivity contribution in [1.29, 1.82) is 0 Å². The van der Waals surface area contributed by atoms with Crippen molar-refractivity contribution in [3.8, 4) is 0 Å². The van der Waals surface area contributed by atoms with Crippen molar-refractivity contribution >= 4 is 11.9 Å². The molecule has 0 aliphatic rings. The van der Waals surface area contributed by atoms with Gasteiger partial charge in [0.05, 0.1) is 0 Å². The minimum Gasteiger partial charge on any atom is -0.461 e. The van der Waals surface area contributed by atoms with Gasteiger partial charge in [0, 0.05) is 12.8 Å². The molecule has 330 valence electrons. The van der Waals surface area contributed by atoms with Crippen LogP contribution >= 0.6 is 0 Å². The van der Waals surface area contributed by atoms with E-state index in [1.165, 1.54) is 180 Å². The fraction of sp³-hybridized carbons (Fsp3) is 0.882. The number of carbonyl (C=O) groups excluding carboxylic acids is 2. The first kappa shape index (κ1) is 54.4. The second-order valence-electron chi connectivity index (χ2n) is 17.5. The average Bonchev–Trinajstić information content (AvgIpc) is 3.19. The summed E-state index contributed by atoms with van der Waals surface area (Å²) < 4.78 is 11.0. The molecule has 0 fully saturated rings. The Morgan fingerprint density at radius 3 is 1.09 bits per heavy atom. The highest BCUT2D eigenvalue weighted by Crippen LogP contribution is 2.25. The van der Waals surface area contributed by atoms with Crippen LogP contribution in [0, 0.1) is 17.8 Å². The van der Waals surface area contributed by atoms with E-state index in [2.05, 4.69) is 71.0 Å². The number of esters is 2. The summed E-state index contributed by atoms with van der Waals surface area (Å²) in [4.78, 5) is 26.7. The first-order chi connectivity index (χ1) is 27.4. The van der Waals surface area contributed by atoms with E-state index >= 15 is 0 Å². The summed E-state index contributed by atoms with van der Waals surface area (Å²) in [6.07, 6.45) is 49.1. The van der Waals surface area contributed by atoms with E-state index in [4.69, 9.17) is 9.47 Å². The van der Waals surface area contributed by atoms with Gasteiger partial charge in [-0.05, 0) is 83.3 Å². The van der Waals surface area contributed by atoms with Crippen molar-refractivity contribution in [2.75, 3.05) is 33.9 Å². The molecule has 0 N–H and O–H groups in total. The van der Waals surface area contributed by atoms with Crippen LogP contribution in [0.25, 0.3) is 0 Å². The highest BCUT2D eigenvalue weighted by Gasteiger charge is 2.10. The zero-order valence-electron chi connectivity index (χ0n) is 38.6. The third-order valence-electron chi connectivity index (χ3n) is 11.7. The van der Waals surface area contributed by atoms with Crippen LogP contribution in [0.4, 0.5) is 0 Å². The topological polar surface area (TPSA) is 55.8 Å². The van der Waals surface area contributed by atoms with Gasteiger partial charge in [-0.15, -0.1) is 0 Å². The standard InChI is InChI=1S/C51H97NO4/c1-7-11-33-47(34-12-8-2)40-31-45-55-50(53)42-27-23-19-15-17-21-25-37-49(39-29-30-44-52(5)6)38-26-22-18-16-20-24-28-43-51(54)56-46-32-41-48(35-13-9-3)36-14-10-4/h31-32,40-41,47-49H,7-30,33-39,42-46H2,1-6H3/b40-31-,41-32-. The van der Waals surface area contributed by atoms with Crippen molar-refractivity contribution in [3.05, 3.63) is 24.3 Å². The second-order valence-corrected chi connectivity index (χ2v) is 17.5. The molecule has 0 spiro atoms. The van der Waals surface area contributed by atoms with Crippen molar-refractivity contribution in [1.82, 2.24) is 4.90 Å². The minimum absolute atomic E-state index is 0.0356. The van der Waals surface area contributed by atoms with Crippen molar-refractivity contribution in [3.63, 3.8) is 0 Å². The van der Waals surface area contributed by atoms with Gasteiger partial charge in [-0.3, -0.25) is 9.59 Å². The molecule has 5 heteroatoms. The van der Waals surface area contributed by atoms with Gasteiger partial charge in [-0.2, -0.15) is 0 Å². The Labute approximate surface area is 350 Å². The quantitative estimate of drug-likeness (QED) is 0.0350. The summed E-state index contributed by atoms with van der Waals surface area (Å²) in [5.41, 5.74) is 0. The number of rotatable bonds is 43. The lowest BCUT2D eigenvalue weighted by atomic mass is 9.90. The van der Waals surface area contributed by atoms with Gasteiger partial charge in [0.15, 0.2) is 0 Å². The molecule has 0 rings (SSSR count). The van der Waals surface area contributed by atoms with E-state index < -0.39 is 0 Å². The first-order valence-electron chi connectivity index (χ1n) is 24.6. The molecule has 0 radical (unpaired) electrons. The first-order valence-corrected chi connectivity index (χ1v) is 24.6. The molecular weight excluding hydrogens is 691 g/mol. The third kappa shape index (κ3) is 39.2. The highest BCUT2D eigenvalue weighted by atomic mass is 16.5. The van der Waals surface area contributed by atoms with Gasteiger partial charge < -0.3 is 14.4 Å². The number of hydrogen-bond acceptors (Lipinski definition) is 5. The van der Waals surface area contributed by atoms with Crippen LogP contribution in [-0.4, -0.2) is 50.7 Å². The largest absolute Gasteiger partial charge is 0.461 e. The minimum atomic E-state index is -0.0356. The molecule has 0 bridgehead atoms. The number of ether oxygens (including phenoxy) is 2. The Hall–Kier alpha value is -1.62. The smallest absolute Gasteiger partial charge is 0.306 e. The Kier molecular flexibility index (Phi) is 41.7. The molecular formula is C51H97NO4. The van der Waals surface area contributed by atoms with Crippen LogP contribution in [0.2, 0.25) is 0 Å². The molecule has 56 heavy (non-hydrogen) atoms.